The van der Waals surface area contributed by atoms with Crippen molar-refractivity contribution in [1.82, 2.24) is 0 Å². The molecule has 1 aliphatic rings. The van der Waals surface area contributed by atoms with Crippen LogP contribution in [-0.2, 0) is 15.9 Å². The molecule has 1 fully saturated rings. The Hall–Kier alpha value is -0.900. The van der Waals surface area contributed by atoms with Crippen LogP contribution < -0.4 is 0 Å². The maximum absolute atomic E-state index is 10.1. The third-order valence-electron chi connectivity index (χ3n) is 3.34. The minimum Gasteiger partial charge on any atom is -0.388 e. The summed E-state index contributed by atoms with van der Waals surface area (Å²) in [7, 11) is 0. The molecule has 3 heteroatoms. The van der Waals surface area contributed by atoms with Crippen molar-refractivity contribution in [3.8, 4) is 0 Å². The Morgan fingerprint density at radius 3 is 2.50 bits per heavy atom. The van der Waals surface area contributed by atoms with Crippen LogP contribution in [0.1, 0.15) is 43.4 Å². The second-order valence-electron chi connectivity index (χ2n) is 4.71. The second kappa shape index (κ2) is 6.88. The molecular formula is C15H22O3. The van der Waals surface area contributed by atoms with Gasteiger partial charge in [-0.05, 0) is 30.4 Å². The summed E-state index contributed by atoms with van der Waals surface area (Å²) in [5, 5.41) is 10.1. The van der Waals surface area contributed by atoms with Crippen molar-refractivity contribution in [2.45, 2.75) is 45.0 Å². The van der Waals surface area contributed by atoms with Gasteiger partial charge in [-0.15, -0.1) is 0 Å². The number of hydrogen-bond acceptors (Lipinski definition) is 3. The van der Waals surface area contributed by atoms with E-state index in [4.69, 9.17) is 9.47 Å². The smallest absolute Gasteiger partial charge is 0.157 e. The standard InChI is InChI=1S/C15H22O3/c1-2-12-4-6-13(7-5-12)14(16)8-9-15-17-10-3-11-18-15/h4-7,14-16H,2-3,8-11H2,1H3. The van der Waals surface area contributed by atoms with Crippen molar-refractivity contribution in [2.24, 2.45) is 0 Å². The molecule has 0 saturated carbocycles. The van der Waals surface area contributed by atoms with Crippen LogP contribution in [0.3, 0.4) is 0 Å². The Morgan fingerprint density at radius 1 is 1.22 bits per heavy atom. The minimum absolute atomic E-state index is 0.136. The maximum Gasteiger partial charge on any atom is 0.157 e. The molecule has 1 heterocycles. The quantitative estimate of drug-likeness (QED) is 0.873. The van der Waals surface area contributed by atoms with Crippen LogP contribution in [0, 0.1) is 0 Å². The first-order valence-electron chi connectivity index (χ1n) is 6.79. The molecule has 0 spiro atoms. The molecule has 0 radical (unpaired) electrons. The monoisotopic (exact) mass is 250 g/mol. The maximum atomic E-state index is 10.1. The Kier molecular flexibility index (Phi) is 5.17. The van der Waals surface area contributed by atoms with Gasteiger partial charge < -0.3 is 14.6 Å². The van der Waals surface area contributed by atoms with E-state index in [1.807, 2.05) is 12.1 Å². The van der Waals surface area contributed by atoms with Gasteiger partial charge in [0.2, 0.25) is 0 Å². The zero-order valence-electron chi connectivity index (χ0n) is 11.0. The first-order chi connectivity index (χ1) is 8.79. The van der Waals surface area contributed by atoms with Gasteiger partial charge in [0, 0.05) is 6.42 Å². The van der Waals surface area contributed by atoms with E-state index in [-0.39, 0.29) is 6.29 Å². The summed E-state index contributed by atoms with van der Waals surface area (Å²) in [6.07, 6.45) is 2.86. The average Bonchev–Trinajstić information content (AvgIpc) is 2.46. The molecule has 100 valence electrons. The number of aliphatic hydroxyl groups is 1. The molecule has 3 nitrogen and oxygen atoms in total. The third-order valence-corrected chi connectivity index (χ3v) is 3.34. The summed E-state index contributed by atoms with van der Waals surface area (Å²) in [4.78, 5) is 0. The topological polar surface area (TPSA) is 38.7 Å². The number of hydrogen-bond donors (Lipinski definition) is 1. The summed E-state index contributed by atoms with van der Waals surface area (Å²) >= 11 is 0. The van der Waals surface area contributed by atoms with Crippen molar-refractivity contribution in [3.63, 3.8) is 0 Å². The highest BCUT2D eigenvalue weighted by Crippen LogP contribution is 2.22. The molecule has 0 aromatic heterocycles. The van der Waals surface area contributed by atoms with Crippen LogP contribution in [0.25, 0.3) is 0 Å². The highest BCUT2D eigenvalue weighted by atomic mass is 16.7. The molecular weight excluding hydrogens is 228 g/mol. The first-order valence-corrected chi connectivity index (χ1v) is 6.79. The molecule has 1 aromatic carbocycles. The number of ether oxygens (including phenoxy) is 2. The largest absolute Gasteiger partial charge is 0.388 e. The lowest BCUT2D eigenvalue weighted by Gasteiger charge is -2.24. The average molecular weight is 250 g/mol. The molecule has 0 bridgehead atoms. The van der Waals surface area contributed by atoms with E-state index in [0.29, 0.717) is 6.42 Å². The van der Waals surface area contributed by atoms with Crippen LogP contribution >= 0.6 is 0 Å². The fourth-order valence-corrected chi connectivity index (χ4v) is 2.14. The molecule has 18 heavy (non-hydrogen) atoms. The number of benzene rings is 1. The molecule has 0 amide bonds. The molecule has 1 aliphatic heterocycles. The Morgan fingerprint density at radius 2 is 1.89 bits per heavy atom. The van der Waals surface area contributed by atoms with Gasteiger partial charge in [0.1, 0.15) is 0 Å². The summed E-state index contributed by atoms with van der Waals surface area (Å²) in [6, 6.07) is 8.16. The predicted octanol–water partition coefficient (Wildman–Crippen LogP) is 2.83. The molecule has 1 N–H and O–H groups in total. The van der Waals surface area contributed by atoms with E-state index in [1.165, 1.54) is 5.56 Å². The van der Waals surface area contributed by atoms with Gasteiger partial charge in [-0.25, -0.2) is 0 Å². The van der Waals surface area contributed by atoms with Crippen molar-refractivity contribution in [2.75, 3.05) is 13.2 Å². The fourth-order valence-electron chi connectivity index (χ4n) is 2.14. The highest BCUT2D eigenvalue weighted by Gasteiger charge is 2.16. The molecule has 1 saturated heterocycles. The molecule has 1 unspecified atom stereocenters. The summed E-state index contributed by atoms with van der Waals surface area (Å²) in [5.74, 6) is 0. The third kappa shape index (κ3) is 3.80. The Bertz CT molecular complexity index is 341. The van der Waals surface area contributed by atoms with E-state index in [1.54, 1.807) is 0 Å². The number of rotatable bonds is 5. The van der Waals surface area contributed by atoms with Crippen molar-refractivity contribution < 1.29 is 14.6 Å². The Labute approximate surface area is 109 Å². The van der Waals surface area contributed by atoms with Crippen molar-refractivity contribution in [1.29, 1.82) is 0 Å². The van der Waals surface area contributed by atoms with Gasteiger partial charge in [0.05, 0.1) is 19.3 Å². The van der Waals surface area contributed by atoms with Crippen LogP contribution in [0.15, 0.2) is 24.3 Å². The molecule has 2 rings (SSSR count). The highest BCUT2D eigenvalue weighted by molar-refractivity contribution is 5.24. The van der Waals surface area contributed by atoms with Crippen LogP contribution in [0.2, 0.25) is 0 Å². The van der Waals surface area contributed by atoms with Crippen molar-refractivity contribution >= 4 is 0 Å². The lowest BCUT2D eigenvalue weighted by Crippen LogP contribution is -2.25. The Balaban J connectivity index is 1.80. The number of aryl methyl sites for hydroxylation is 1. The van der Waals surface area contributed by atoms with E-state index >= 15 is 0 Å². The van der Waals surface area contributed by atoms with Gasteiger partial charge in [-0.3, -0.25) is 0 Å². The summed E-state index contributed by atoms with van der Waals surface area (Å²) in [5.41, 5.74) is 2.27. The van der Waals surface area contributed by atoms with Crippen LogP contribution in [0.5, 0.6) is 0 Å². The van der Waals surface area contributed by atoms with Gasteiger partial charge in [-0.1, -0.05) is 31.2 Å². The molecule has 1 aromatic rings. The minimum atomic E-state index is -0.426. The van der Waals surface area contributed by atoms with E-state index in [9.17, 15) is 5.11 Å². The van der Waals surface area contributed by atoms with Gasteiger partial charge in [0.15, 0.2) is 6.29 Å². The SMILES string of the molecule is CCc1ccc(C(O)CCC2OCCCO2)cc1. The zero-order valence-corrected chi connectivity index (χ0v) is 11.0. The first kappa shape index (κ1) is 13.5. The zero-order chi connectivity index (χ0) is 12.8. The summed E-state index contributed by atoms with van der Waals surface area (Å²) in [6.45, 7) is 3.67. The lowest BCUT2D eigenvalue weighted by atomic mass is 10.0. The summed E-state index contributed by atoms with van der Waals surface area (Å²) < 4.78 is 10.9. The van der Waals surface area contributed by atoms with Crippen LogP contribution in [-0.4, -0.2) is 24.6 Å². The van der Waals surface area contributed by atoms with Gasteiger partial charge in [0.25, 0.3) is 0 Å². The van der Waals surface area contributed by atoms with Gasteiger partial charge >= 0.3 is 0 Å². The normalized spacial score (nSPS) is 18.8. The van der Waals surface area contributed by atoms with Crippen molar-refractivity contribution in [3.05, 3.63) is 35.4 Å². The predicted molar refractivity (Wildman–Crippen MR) is 70.3 cm³/mol. The van der Waals surface area contributed by atoms with Crippen LogP contribution in [0.4, 0.5) is 0 Å². The molecule has 1 atom stereocenters. The molecule has 0 aliphatic carbocycles. The second-order valence-corrected chi connectivity index (χ2v) is 4.71. The van der Waals surface area contributed by atoms with E-state index in [2.05, 4.69) is 19.1 Å². The lowest BCUT2D eigenvalue weighted by molar-refractivity contribution is -0.183. The van der Waals surface area contributed by atoms with Gasteiger partial charge in [-0.2, -0.15) is 0 Å². The van der Waals surface area contributed by atoms with E-state index < -0.39 is 6.10 Å². The van der Waals surface area contributed by atoms with E-state index in [0.717, 1.165) is 38.0 Å². The fraction of sp³-hybridized carbons (Fsp3) is 0.600. The number of aliphatic hydroxyl groups excluding tert-OH is 1.